The molecule has 0 N–H and O–H groups in total. The molecule has 0 fully saturated rings. The molecule has 1 amide bonds. The first-order valence-corrected chi connectivity index (χ1v) is 8.40. The van der Waals surface area contributed by atoms with E-state index < -0.39 is 0 Å². The van der Waals surface area contributed by atoms with Crippen LogP contribution in [0.4, 0.5) is 5.69 Å². The van der Waals surface area contributed by atoms with Crippen LogP contribution in [0.1, 0.15) is 29.8 Å². The summed E-state index contributed by atoms with van der Waals surface area (Å²) in [7, 11) is 1.83. The molecule has 0 aromatic heterocycles. The van der Waals surface area contributed by atoms with Gasteiger partial charge in [0.2, 0.25) is 0 Å². The highest BCUT2D eigenvalue weighted by Gasteiger charge is 2.14. The standard InChI is InChI=1S/C22H23NO/c1-16(2)13-17-7-6-10-20(14-17)22(24)23(3)21-12-11-18-8-4-5-9-19(18)15-21/h4-12,14-16H,13H2,1-3H3. The van der Waals surface area contributed by atoms with E-state index in [1.54, 1.807) is 4.90 Å². The summed E-state index contributed by atoms with van der Waals surface area (Å²) in [6.07, 6.45) is 0.987. The first-order chi connectivity index (χ1) is 11.5. The Morgan fingerprint density at radius 2 is 1.67 bits per heavy atom. The summed E-state index contributed by atoms with van der Waals surface area (Å²) in [5, 5.41) is 2.32. The van der Waals surface area contributed by atoms with Crippen LogP contribution in [-0.4, -0.2) is 13.0 Å². The maximum Gasteiger partial charge on any atom is 0.258 e. The van der Waals surface area contributed by atoms with Crippen molar-refractivity contribution in [2.75, 3.05) is 11.9 Å². The molecule has 0 atom stereocenters. The average Bonchev–Trinajstić information content (AvgIpc) is 2.59. The summed E-state index contributed by atoms with van der Waals surface area (Å²) >= 11 is 0. The normalized spacial score (nSPS) is 11.0. The Kier molecular flexibility index (Phi) is 4.66. The maximum absolute atomic E-state index is 12.8. The van der Waals surface area contributed by atoms with Crippen molar-refractivity contribution in [1.82, 2.24) is 0 Å². The lowest BCUT2D eigenvalue weighted by molar-refractivity contribution is 0.0993. The minimum atomic E-state index is 0.0240. The van der Waals surface area contributed by atoms with Crippen LogP contribution in [0.3, 0.4) is 0 Å². The molecule has 0 aliphatic heterocycles. The van der Waals surface area contributed by atoms with E-state index >= 15 is 0 Å². The van der Waals surface area contributed by atoms with Gasteiger partial charge in [-0.3, -0.25) is 4.79 Å². The maximum atomic E-state index is 12.8. The van der Waals surface area contributed by atoms with Crippen molar-refractivity contribution in [3.8, 4) is 0 Å². The van der Waals surface area contributed by atoms with Crippen molar-refractivity contribution in [3.63, 3.8) is 0 Å². The third-order valence-corrected chi connectivity index (χ3v) is 4.24. The van der Waals surface area contributed by atoms with Crippen LogP contribution in [0.15, 0.2) is 66.7 Å². The highest BCUT2D eigenvalue weighted by Crippen LogP contribution is 2.23. The Balaban J connectivity index is 1.88. The van der Waals surface area contributed by atoms with Gasteiger partial charge in [0.25, 0.3) is 5.91 Å². The quantitative estimate of drug-likeness (QED) is 0.638. The van der Waals surface area contributed by atoms with Crippen LogP contribution in [0.5, 0.6) is 0 Å². The summed E-state index contributed by atoms with van der Waals surface area (Å²) in [4.78, 5) is 14.6. The van der Waals surface area contributed by atoms with Gasteiger partial charge in [0.15, 0.2) is 0 Å². The molecule has 0 spiro atoms. The van der Waals surface area contributed by atoms with Gasteiger partial charge in [-0.05, 0) is 52.9 Å². The zero-order valence-corrected chi connectivity index (χ0v) is 14.5. The fraction of sp³-hybridized carbons (Fsp3) is 0.227. The second-order valence-corrected chi connectivity index (χ2v) is 6.69. The molecule has 0 saturated heterocycles. The van der Waals surface area contributed by atoms with Gasteiger partial charge in [-0.25, -0.2) is 0 Å². The number of carbonyl (C=O) groups is 1. The van der Waals surface area contributed by atoms with Gasteiger partial charge in [0, 0.05) is 18.3 Å². The molecule has 3 rings (SSSR count). The van der Waals surface area contributed by atoms with Gasteiger partial charge in [-0.15, -0.1) is 0 Å². The Labute approximate surface area is 143 Å². The average molecular weight is 317 g/mol. The minimum Gasteiger partial charge on any atom is -0.311 e. The molecule has 3 aromatic rings. The van der Waals surface area contributed by atoms with Crippen molar-refractivity contribution in [2.45, 2.75) is 20.3 Å². The van der Waals surface area contributed by atoms with E-state index in [1.165, 1.54) is 10.9 Å². The minimum absolute atomic E-state index is 0.0240. The molecule has 0 saturated carbocycles. The van der Waals surface area contributed by atoms with Crippen molar-refractivity contribution < 1.29 is 4.79 Å². The predicted molar refractivity (Wildman–Crippen MR) is 102 cm³/mol. The van der Waals surface area contributed by atoms with E-state index in [0.717, 1.165) is 23.1 Å². The number of anilines is 1. The van der Waals surface area contributed by atoms with Gasteiger partial charge >= 0.3 is 0 Å². The monoisotopic (exact) mass is 317 g/mol. The number of amides is 1. The number of rotatable bonds is 4. The first kappa shape index (κ1) is 16.3. The van der Waals surface area contributed by atoms with Crippen molar-refractivity contribution >= 4 is 22.4 Å². The van der Waals surface area contributed by atoms with E-state index in [1.807, 2.05) is 43.4 Å². The highest BCUT2D eigenvalue weighted by atomic mass is 16.2. The smallest absolute Gasteiger partial charge is 0.258 e. The lowest BCUT2D eigenvalue weighted by atomic mass is 10.0. The number of nitrogens with zero attached hydrogens (tertiary/aromatic N) is 1. The Bertz CT molecular complexity index is 866. The fourth-order valence-corrected chi connectivity index (χ4v) is 3.00. The van der Waals surface area contributed by atoms with Crippen LogP contribution in [0, 0.1) is 5.92 Å². The molecular formula is C22H23NO. The Hall–Kier alpha value is -2.61. The van der Waals surface area contributed by atoms with Crippen LogP contribution in [0.25, 0.3) is 10.8 Å². The van der Waals surface area contributed by atoms with Crippen LogP contribution in [0.2, 0.25) is 0 Å². The molecule has 2 nitrogen and oxygen atoms in total. The zero-order valence-electron chi connectivity index (χ0n) is 14.5. The lowest BCUT2D eigenvalue weighted by Crippen LogP contribution is -2.26. The number of benzene rings is 3. The molecule has 0 aliphatic carbocycles. The second-order valence-electron chi connectivity index (χ2n) is 6.69. The van der Waals surface area contributed by atoms with E-state index in [2.05, 4.69) is 44.2 Å². The molecule has 2 heteroatoms. The number of hydrogen-bond acceptors (Lipinski definition) is 1. The lowest BCUT2D eigenvalue weighted by Gasteiger charge is -2.18. The molecule has 0 heterocycles. The molecular weight excluding hydrogens is 294 g/mol. The molecule has 0 aliphatic rings. The molecule has 24 heavy (non-hydrogen) atoms. The summed E-state index contributed by atoms with van der Waals surface area (Å²) in [5.41, 5.74) is 2.86. The molecule has 0 bridgehead atoms. The van der Waals surface area contributed by atoms with E-state index in [0.29, 0.717) is 5.92 Å². The summed E-state index contributed by atoms with van der Waals surface area (Å²) < 4.78 is 0. The second kappa shape index (κ2) is 6.88. The van der Waals surface area contributed by atoms with E-state index in [-0.39, 0.29) is 5.91 Å². The topological polar surface area (TPSA) is 20.3 Å². The molecule has 122 valence electrons. The van der Waals surface area contributed by atoms with Crippen LogP contribution < -0.4 is 4.90 Å². The SMILES string of the molecule is CC(C)Cc1cccc(C(=O)N(C)c2ccc3ccccc3c2)c1. The zero-order chi connectivity index (χ0) is 17.1. The van der Waals surface area contributed by atoms with Gasteiger partial charge in [-0.2, -0.15) is 0 Å². The van der Waals surface area contributed by atoms with Crippen LogP contribution >= 0.6 is 0 Å². The Morgan fingerprint density at radius 1 is 0.917 bits per heavy atom. The highest BCUT2D eigenvalue weighted by molar-refractivity contribution is 6.06. The number of fused-ring (bicyclic) bond motifs is 1. The molecule has 3 aromatic carbocycles. The summed E-state index contributed by atoms with van der Waals surface area (Å²) in [6.45, 7) is 4.38. The summed E-state index contributed by atoms with van der Waals surface area (Å²) in [6, 6.07) is 22.3. The van der Waals surface area contributed by atoms with Gasteiger partial charge < -0.3 is 4.90 Å². The van der Waals surface area contributed by atoms with Crippen molar-refractivity contribution in [2.24, 2.45) is 5.92 Å². The Morgan fingerprint density at radius 3 is 2.42 bits per heavy atom. The van der Waals surface area contributed by atoms with Crippen molar-refractivity contribution in [3.05, 3.63) is 77.9 Å². The third kappa shape index (κ3) is 3.48. The fourth-order valence-electron chi connectivity index (χ4n) is 3.00. The molecule has 0 unspecified atom stereocenters. The molecule has 0 radical (unpaired) electrons. The van der Waals surface area contributed by atoms with Gasteiger partial charge in [0.05, 0.1) is 0 Å². The van der Waals surface area contributed by atoms with Gasteiger partial charge in [0.1, 0.15) is 0 Å². The van der Waals surface area contributed by atoms with Crippen molar-refractivity contribution in [1.29, 1.82) is 0 Å². The summed E-state index contributed by atoms with van der Waals surface area (Å²) in [5.74, 6) is 0.601. The van der Waals surface area contributed by atoms with E-state index in [9.17, 15) is 4.79 Å². The predicted octanol–water partition coefficient (Wildman–Crippen LogP) is 5.31. The van der Waals surface area contributed by atoms with Gasteiger partial charge in [-0.1, -0.05) is 56.3 Å². The number of carbonyl (C=O) groups excluding carboxylic acids is 1. The van der Waals surface area contributed by atoms with E-state index in [4.69, 9.17) is 0 Å². The first-order valence-electron chi connectivity index (χ1n) is 8.40. The largest absolute Gasteiger partial charge is 0.311 e. The number of hydrogen-bond donors (Lipinski definition) is 0. The third-order valence-electron chi connectivity index (χ3n) is 4.24. The van der Waals surface area contributed by atoms with Crippen LogP contribution in [-0.2, 0) is 6.42 Å².